The lowest BCUT2D eigenvalue weighted by atomic mass is 10.00. The molecular weight excluding hydrogens is 326 g/mol. The summed E-state index contributed by atoms with van der Waals surface area (Å²) in [5, 5.41) is 18.1. The number of aromatic carboxylic acids is 1. The van der Waals surface area contributed by atoms with Crippen molar-refractivity contribution in [1.29, 1.82) is 0 Å². The van der Waals surface area contributed by atoms with Gasteiger partial charge >= 0.3 is 5.97 Å². The zero-order valence-corrected chi connectivity index (χ0v) is 13.9. The van der Waals surface area contributed by atoms with E-state index < -0.39 is 11.4 Å². The Bertz CT molecular complexity index is 824. The van der Waals surface area contributed by atoms with Crippen molar-refractivity contribution in [2.75, 3.05) is 33.5 Å². The van der Waals surface area contributed by atoms with Crippen LogP contribution >= 0.6 is 0 Å². The third-order valence-electron chi connectivity index (χ3n) is 3.69. The zero-order valence-electron chi connectivity index (χ0n) is 13.9. The van der Waals surface area contributed by atoms with E-state index in [1.807, 2.05) is 12.1 Å². The number of H-pyrrole nitrogens is 1. The van der Waals surface area contributed by atoms with Gasteiger partial charge in [-0.05, 0) is 29.7 Å². The molecule has 2 rings (SSSR count). The van der Waals surface area contributed by atoms with Gasteiger partial charge in [-0.1, -0.05) is 12.2 Å². The van der Waals surface area contributed by atoms with E-state index >= 15 is 0 Å². The molecule has 3 N–H and O–H groups in total. The van der Waals surface area contributed by atoms with Gasteiger partial charge in [-0.25, -0.2) is 4.79 Å². The monoisotopic (exact) mass is 347 g/mol. The summed E-state index contributed by atoms with van der Waals surface area (Å²) in [5.41, 5.74) is 1.52. The molecule has 25 heavy (non-hydrogen) atoms. The molecule has 134 valence electrons. The molecule has 2 aromatic rings. The van der Waals surface area contributed by atoms with Gasteiger partial charge in [-0.15, -0.1) is 0 Å². The number of methoxy groups -OCH3 is 1. The van der Waals surface area contributed by atoms with Crippen molar-refractivity contribution < 1.29 is 24.5 Å². The number of aromatic amines is 1. The summed E-state index contributed by atoms with van der Waals surface area (Å²) >= 11 is 0. The summed E-state index contributed by atoms with van der Waals surface area (Å²) in [6.07, 6.45) is 5.45. The van der Waals surface area contributed by atoms with Crippen LogP contribution in [0.25, 0.3) is 17.0 Å². The molecule has 1 aromatic carbocycles. The number of rotatable bonds is 9. The minimum absolute atomic E-state index is 0.0454. The SMILES string of the molecule is COCCc1cc2[nH]cc(C(=O)O)c(=O)c2cc1C=CCOCCO. The van der Waals surface area contributed by atoms with Crippen LogP contribution in [-0.2, 0) is 15.9 Å². The highest BCUT2D eigenvalue weighted by molar-refractivity contribution is 5.93. The Balaban J connectivity index is 2.45. The number of hydrogen-bond donors (Lipinski definition) is 3. The number of fused-ring (bicyclic) bond motifs is 1. The van der Waals surface area contributed by atoms with Gasteiger partial charge < -0.3 is 24.7 Å². The molecule has 0 aliphatic heterocycles. The standard InChI is InChI=1S/C18H21NO6/c1-24-7-4-13-10-16-14(17(21)15(11-19-16)18(22)23)9-12(13)3-2-6-25-8-5-20/h2-3,9-11,20H,4-8H2,1H3,(H,19,21)(H,22,23). The molecule has 7 heteroatoms. The topological polar surface area (TPSA) is 109 Å². The molecule has 0 aliphatic rings. The molecule has 0 aliphatic carbocycles. The Hall–Kier alpha value is -2.48. The summed E-state index contributed by atoms with van der Waals surface area (Å²) < 4.78 is 10.3. The zero-order chi connectivity index (χ0) is 18.2. The summed E-state index contributed by atoms with van der Waals surface area (Å²) in [6.45, 7) is 1.05. The number of ether oxygens (including phenoxy) is 2. The lowest BCUT2D eigenvalue weighted by Crippen LogP contribution is -2.15. The maximum Gasteiger partial charge on any atom is 0.341 e. The number of nitrogens with one attached hydrogen (secondary N) is 1. The number of aliphatic hydroxyl groups excluding tert-OH is 1. The van der Waals surface area contributed by atoms with E-state index in [4.69, 9.17) is 19.7 Å². The third-order valence-corrected chi connectivity index (χ3v) is 3.69. The van der Waals surface area contributed by atoms with Gasteiger partial charge in [0.2, 0.25) is 5.43 Å². The average molecular weight is 347 g/mol. The van der Waals surface area contributed by atoms with Crippen molar-refractivity contribution in [2.24, 2.45) is 0 Å². The van der Waals surface area contributed by atoms with Crippen LogP contribution in [0.3, 0.4) is 0 Å². The quantitative estimate of drug-likeness (QED) is 0.592. The molecule has 0 spiro atoms. The molecule has 0 saturated carbocycles. The van der Waals surface area contributed by atoms with Gasteiger partial charge in [0.25, 0.3) is 0 Å². The van der Waals surface area contributed by atoms with Crippen LogP contribution in [0.15, 0.2) is 29.2 Å². The molecule has 0 fully saturated rings. The maximum absolute atomic E-state index is 12.4. The first-order valence-electron chi connectivity index (χ1n) is 7.84. The highest BCUT2D eigenvalue weighted by atomic mass is 16.5. The van der Waals surface area contributed by atoms with Crippen LogP contribution in [0.2, 0.25) is 0 Å². The fraction of sp³-hybridized carbons (Fsp3) is 0.333. The molecule has 1 aromatic heterocycles. The molecule has 7 nitrogen and oxygen atoms in total. The minimum Gasteiger partial charge on any atom is -0.477 e. The number of aliphatic hydroxyl groups is 1. The van der Waals surface area contributed by atoms with Gasteiger partial charge in [-0.2, -0.15) is 0 Å². The van der Waals surface area contributed by atoms with Gasteiger partial charge in [0.15, 0.2) is 0 Å². The lowest BCUT2D eigenvalue weighted by Gasteiger charge is -2.09. The molecule has 1 heterocycles. The van der Waals surface area contributed by atoms with E-state index in [1.54, 1.807) is 19.3 Å². The predicted octanol–water partition coefficient (Wildman–Crippen LogP) is 1.44. The predicted molar refractivity (Wildman–Crippen MR) is 94.0 cm³/mol. The van der Waals surface area contributed by atoms with Crippen molar-refractivity contribution in [1.82, 2.24) is 4.98 Å². The third kappa shape index (κ3) is 4.76. The molecule has 0 radical (unpaired) electrons. The Morgan fingerprint density at radius 3 is 2.80 bits per heavy atom. The average Bonchev–Trinajstić information content (AvgIpc) is 2.60. The van der Waals surface area contributed by atoms with Crippen LogP contribution in [-0.4, -0.2) is 54.7 Å². The van der Waals surface area contributed by atoms with E-state index in [2.05, 4.69) is 4.98 Å². The smallest absolute Gasteiger partial charge is 0.341 e. The van der Waals surface area contributed by atoms with Crippen LogP contribution < -0.4 is 5.43 Å². The molecular formula is C18H21NO6. The Labute approximate surface area is 144 Å². The van der Waals surface area contributed by atoms with Crippen molar-refractivity contribution in [3.05, 3.63) is 51.3 Å². The van der Waals surface area contributed by atoms with Crippen molar-refractivity contribution in [3.63, 3.8) is 0 Å². The van der Waals surface area contributed by atoms with Gasteiger partial charge in [0, 0.05) is 24.2 Å². The highest BCUT2D eigenvalue weighted by Crippen LogP contribution is 2.19. The van der Waals surface area contributed by atoms with Crippen LogP contribution in [0.4, 0.5) is 0 Å². The highest BCUT2D eigenvalue weighted by Gasteiger charge is 2.13. The Kier molecular flexibility index (Phi) is 6.88. The van der Waals surface area contributed by atoms with E-state index in [0.717, 1.165) is 11.1 Å². The summed E-state index contributed by atoms with van der Waals surface area (Å²) in [7, 11) is 1.61. The molecule has 0 unspecified atom stereocenters. The number of carboxylic acids is 1. The number of benzene rings is 1. The van der Waals surface area contributed by atoms with Gasteiger partial charge in [0.1, 0.15) is 5.56 Å². The number of hydrogen-bond acceptors (Lipinski definition) is 5. The second-order valence-electron chi connectivity index (χ2n) is 5.38. The molecule has 0 bridgehead atoms. The summed E-state index contributed by atoms with van der Waals surface area (Å²) in [4.78, 5) is 26.4. The molecule has 0 saturated heterocycles. The first kappa shape index (κ1) is 18.9. The maximum atomic E-state index is 12.4. The van der Waals surface area contributed by atoms with E-state index in [0.29, 0.717) is 30.5 Å². The van der Waals surface area contributed by atoms with Crippen molar-refractivity contribution in [3.8, 4) is 0 Å². The summed E-state index contributed by atoms with van der Waals surface area (Å²) in [6, 6.07) is 3.50. The van der Waals surface area contributed by atoms with Crippen LogP contribution in [0.5, 0.6) is 0 Å². The van der Waals surface area contributed by atoms with E-state index in [1.165, 1.54) is 6.20 Å². The Morgan fingerprint density at radius 1 is 1.32 bits per heavy atom. The fourth-order valence-corrected chi connectivity index (χ4v) is 2.46. The second-order valence-corrected chi connectivity index (χ2v) is 5.38. The van der Waals surface area contributed by atoms with Crippen LogP contribution in [0, 0.1) is 0 Å². The number of carbonyl (C=O) groups is 1. The molecule has 0 atom stereocenters. The molecule has 0 amide bonds. The first-order chi connectivity index (χ1) is 12.1. The number of aromatic nitrogens is 1. The normalized spacial score (nSPS) is 11.4. The van der Waals surface area contributed by atoms with Crippen LogP contribution in [0.1, 0.15) is 21.5 Å². The van der Waals surface area contributed by atoms with Gasteiger partial charge in [-0.3, -0.25) is 4.79 Å². The summed E-state index contributed by atoms with van der Waals surface area (Å²) in [5.74, 6) is -1.26. The Morgan fingerprint density at radius 2 is 2.12 bits per heavy atom. The number of pyridine rings is 1. The minimum atomic E-state index is -1.26. The lowest BCUT2D eigenvalue weighted by molar-refractivity contribution is 0.0695. The van der Waals surface area contributed by atoms with E-state index in [9.17, 15) is 9.59 Å². The van der Waals surface area contributed by atoms with Crippen molar-refractivity contribution in [2.45, 2.75) is 6.42 Å². The first-order valence-corrected chi connectivity index (χ1v) is 7.84. The largest absolute Gasteiger partial charge is 0.477 e. The second kappa shape index (κ2) is 9.12. The van der Waals surface area contributed by atoms with Crippen molar-refractivity contribution >= 4 is 22.9 Å². The fourth-order valence-electron chi connectivity index (χ4n) is 2.46. The van der Waals surface area contributed by atoms with E-state index in [-0.39, 0.29) is 18.8 Å². The van der Waals surface area contributed by atoms with Gasteiger partial charge in [0.05, 0.1) is 26.4 Å². The number of carboxylic acid groups (broad SMARTS) is 1.